The third-order valence-electron chi connectivity index (χ3n) is 5.30. The molecule has 1 fully saturated rings. The molecule has 0 aromatic carbocycles. The lowest BCUT2D eigenvalue weighted by Gasteiger charge is -2.45. The minimum absolute atomic E-state index is 0.234. The molecule has 1 amide bonds. The van der Waals surface area contributed by atoms with Crippen LogP contribution in [-0.2, 0) is 14.3 Å². The topological polar surface area (TPSA) is 64.6 Å². The fourth-order valence-electron chi connectivity index (χ4n) is 3.06. The number of carbonyl (C=O) groups excluding carboxylic acids is 2. The lowest BCUT2D eigenvalue weighted by molar-refractivity contribution is -0.159. The van der Waals surface area contributed by atoms with Gasteiger partial charge in [0, 0.05) is 11.0 Å². The summed E-state index contributed by atoms with van der Waals surface area (Å²) in [5.74, 6) is -0.234. The number of methoxy groups -OCH3 is 1. The predicted octanol–water partition coefficient (Wildman–Crippen LogP) is 3.27. The summed E-state index contributed by atoms with van der Waals surface area (Å²) in [6.07, 6.45) is 0.913. The van der Waals surface area contributed by atoms with E-state index in [9.17, 15) is 9.59 Å². The molecule has 122 valence electrons. The fraction of sp³-hybridized carbons (Fsp3) is 0.875. The van der Waals surface area contributed by atoms with Crippen LogP contribution >= 0.6 is 0 Å². The van der Waals surface area contributed by atoms with Crippen LogP contribution in [0.5, 0.6) is 0 Å². The fourth-order valence-corrected chi connectivity index (χ4v) is 3.06. The van der Waals surface area contributed by atoms with E-state index in [0.29, 0.717) is 12.8 Å². The van der Waals surface area contributed by atoms with Gasteiger partial charge in [0.05, 0.1) is 12.5 Å². The molecular formula is C16H29NO4. The van der Waals surface area contributed by atoms with E-state index < -0.39 is 28.1 Å². The largest absolute Gasteiger partial charge is 0.469 e. The predicted molar refractivity (Wildman–Crippen MR) is 80.9 cm³/mol. The zero-order chi connectivity index (χ0) is 16.7. The molecule has 2 atom stereocenters. The van der Waals surface area contributed by atoms with Gasteiger partial charge in [0.15, 0.2) is 0 Å². The maximum absolute atomic E-state index is 12.2. The summed E-state index contributed by atoms with van der Waals surface area (Å²) in [6.45, 7) is 13.3. The smallest absolute Gasteiger partial charge is 0.408 e. The summed E-state index contributed by atoms with van der Waals surface area (Å²) in [6, 6.07) is 0. The normalized spacial score (nSPS) is 31.6. The van der Waals surface area contributed by atoms with Crippen molar-refractivity contribution >= 4 is 12.1 Å². The first-order chi connectivity index (χ1) is 9.29. The molecule has 1 aliphatic rings. The Morgan fingerprint density at radius 2 is 1.57 bits per heavy atom. The van der Waals surface area contributed by atoms with Crippen LogP contribution in [0.25, 0.3) is 0 Å². The first-order valence-electron chi connectivity index (χ1n) is 7.39. The summed E-state index contributed by atoms with van der Waals surface area (Å²) in [4.78, 5) is 24.3. The number of nitrogens with one attached hydrogen (secondary N) is 1. The van der Waals surface area contributed by atoms with Crippen LogP contribution in [0.1, 0.15) is 61.3 Å². The minimum Gasteiger partial charge on any atom is -0.469 e. The van der Waals surface area contributed by atoms with Crippen molar-refractivity contribution in [1.82, 2.24) is 5.32 Å². The molecule has 0 radical (unpaired) electrons. The number of ether oxygens (including phenoxy) is 2. The molecule has 0 aromatic rings. The molecule has 0 bridgehead atoms. The first-order valence-corrected chi connectivity index (χ1v) is 7.39. The number of carbonyl (C=O) groups is 2. The standard InChI is InChI=1S/C16H29NO4/c1-13(2,3)21-12(19)17-16(7)10-9-15(6,11(18)20-8)14(16,4)5/h9-10H2,1-8H3,(H,17,19). The second kappa shape index (κ2) is 5.18. The highest BCUT2D eigenvalue weighted by molar-refractivity contribution is 5.79. The third kappa shape index (κ3) is 3.01. The van der Waals surface area contributed by atoms with Crippen molar-refractivity contribution in [3.05, 3.63) is 0 Å². The van der Waals surface area contributed by atoms with E-state index in [2.05, 4.69) is 5.32 Å². The van der Waals surface area contributed by atoms with Crippen LogP contribution in [0.15, 0.2) is 0 Å². The van der Waals surface area contributed by atoms with E-state index in [4.69, 9.17) is 9.47 Å². The molecule has 5 nitrogen and oxygen atoms in total. The summed E-state index contributed by atoms with van der Waals surface area (Å²) in [5.41, 5.74) is -2.16. The van der Waals surface area contributed by atoms with Crippen molar-refractivity contribution in [2.45, 2.75) is 72.4 Å². The van der Waals surface area contributed by atoms with Crippen LogP contribution < -0.4 is 5.32 Å². The van der Waals surface area contributed by atoms with Crippen molar-refractivity contribution in [2.24, 2.45) is 10.8 Å². The maximum Gasteiger partial charge on any atom is 0.408 e. The average molecular weight is 299 g/mol. The monoisotopic (exact) mass is 299 g/mol. The van der Waals surface area contributed by atoms with Gasteiger partial charge in [-0.2, -0.15) is 0 Å². The Morgan fingerprint density at radius 1 is 1.05 bits per heavy atom. The van der Waals surface area contributed by atoms with Crippen molar-refractivity contribution in [3.8, 4) is 0 Å². The van der Waals surface area contributed by atoms with E-state index in [1.165, 1.54) is 7.11 Å². The zero-order valence-electron chi connectivity index (χ0n) is 14.5. The maximum atomic E-state index is 12.2. The van der Waals surface area contributed by atoms with Gasteiger partial charge < -0.3 is 14.8 Å². The Hall–Kier alpha value is -1.26. The van der Waals surface area contributed by atoms with Crippen LogP contribution in [0.2, 0.25) is 0 Å². The number of amides is 1. The SMILES string of the molecule is COC(=O)C1(C)CCC(C)(NC(=O)OC(C)(C)C)C1(C)C. The highest BCUT2D eigenvalue weighted by Crippen LogP contribution is 2.58. The number of rotatable bonds is 2. The molecule has 0 spiro atoms. The van der Waals surface area contributed by atoms with Gasteiger partial charge in [-0.1, -0.05) is 13.8 Å². The molecule has 1 N–H and O–H groups in total. The molecule has 1 saturated carbocycles. The quantitative estimate of drug-likeness (QED) is 0.795. The van der Waals surface area contributed by atoms with Crippen molar-refractivity contribution in [2.75, 3.05) is 7.11 Å². The first kappa shape index (κ1) is 17.8. The number of alkyl carbamates (subject to hydrolysis) is 1. The summed E-state index contributed by atoms with van der Waals surface area (Å²) in [7, 11) is 1.40. The van der Waals surface area contributed by atoms with Gasteiger partial charge in [-0.05, 0) is 47.5 Å². The van der Waals surface area contributed by atoms with Gasteiger partial charge in [-0.15, -0.1) is 0 Å². The minimum atomic E-state index is -0.633. The Balaban J connectivity index is 2.98. The molecule has 1 aliphatic carbocycles. The van der Waals surface area contributed by atoms with E-state index in [0.717, 1.165) is 0 Å². The van der Waals surface area contributed by atoms with Gasteiger partial charge >= 0.3 is 12.1 Å². The summed E-state index contributed by atoms with van der Waals surface area (Å²) in [5, 5.41) is 2.97. The van der Waals surface area contributed by atoms with Gasteiger partial charge in [0.2, 0.25) is 0 Å². The highest BCUT2D eigenvalue weighted by Gasteiger charge is 2.63. The Bertz CT molecular complexity index is 438. The molecule has 0 saturated heterocycles. The zero-order valence-corrected chi connectivity index (χ0v) is 14.5. The van der Waals surface area contributed by atoms with Crippen LogP contribution in [0, 0.1) is 10.8 Å². The van der Waals surface area contributed by atoms with E-state index >= 15 is 0 Å². The van der Waals surface area contributed by atoms with Gasteiger partial charge in [-0.25, -0.2) is 4.79 Å². The second-order valence-electron chi connectivity index (χ2n) is 7.91. The van der Waals surface area contributed by atoms with Gasteiger partial charge in [-0.3, -0.25) is 4.79 Å². The van der Waals surface area contributed by atoms with Crippen molar-refractivity contribution in [3.63, 3.8) is 0 Å². The lowest BCUT2D eigenvalue weighted by atomic mass is 9.63. The number of hydrogen-bond acceptors (Lipinski definition) is 4. The molecule has 0 aliphatic heterocycles. The van der Waals surface area contributed by atoms with Crippen molar-refractivity contribution in [1.29, 1.82) is 0 Å². The van der Waals surface area contributed by atoms with Crippen LogP contribution in [-0.4, -0.2) is 30.3 Å². The van der Waals surface area contributed by atoms with E-state index in [-0.39, 0.29) is 5.97 Å². The molecule has 5 heteroatoms. The van der Waals surface area contributed by atoms with Crippen molar-refractivity contribution < 1.29 is 19.1 Å². The molecule has 2 unspecified atom stereocenters. The lowest BCUT2D eigenvalue weighted by Crippen LogP contribution is -2.58. The average Bonchev–Trinajstić information content (AvgIpc) is 2.47. The Labute approximate surface area is 127 Å². The Kier molecular flexibility index (Phi) is 4.39. The Morgan fingerprint density at radius 3 is 2.00 bits per heavy atom. The molecule has 0 heterocycles. The number of hydrogen-bond donors (Lipinski definition) is 1. The highest BCUT2D eigenvalue weighted by atomic mass is 16.6. The molecule has 0 aromatic heterocycles. The molecular weight excluding hydrogens is 270 g/mol. The number of esters is 1. The molecule has 1 rings (SSSR count). The molecule has 21 heavy (non-hydrogen) atoms. The third-order valence-corrected chi connectivity index (χ3v) is 5.30. The van der Waals surface area contributed by atoms with E-state index in [1.54, 1.807) is 0 Å². The van der Waals surface area contributed by atoms with Gasteiger partial charge in [0.1, 0.15) is 5.60 Å². The van der Waals surface area contributed by atoms with E-state index in [1.807, 2.05) is 48.5 Å². The van der Waals surface area contributed by atoms with Gasteiger partial charge in [0.25, 0.3) is 0 Å². The van der Waals surface area contributed by atoms with Crippen LogP contribution in [0.4, 0.5) is 4.79 Å². The van der Waals surface area contributed by atoms with Crippen LogP contribution in [0.3, 0.4) is 0 Å². The summed E-state index contributed by atoms with van der Waals surface area (Å²) >= 11 is 0. The summed E-state index contributed by atoms with van der Waals surface area (Å²) < 4.78 is 10.3. The second-order valence-corrected chi connectivity index (χ2v) is 7.91.